The minimum Gasteiger partial charge on any atom is -0.547 e. The molecule has 6 fully saturated rings. The molecule has 7 heterocycles. The van der Waals surface area contributed by atoms with Gasteiger partial charge < -0.3 is 63.5 Å². The number of carboxylic acid groups (broad SMARTS) is 1. The number of carbonyl (C=O) groups is 1. The Balaban J connectivity index is 0.920. The molecule has 13 nitrogen and oxygen atoms in total. The molecule has 0 bridgehead atoms. The van der Waals surface area contributed by atoms with Crippen LogP contribution in [0.2, 0.25) is 0 Å². The van der Waals surface area contributed by atoms with E-state index in [4.69, 9.17) is 33.2 Å². The maximum Gasteiger partial charge on any atom is 0.215 e. The van der Waals surface area contributed by atoms with Gasteiger partial charge in [0.1, 0.15) is 30.0 Å². The van der Waals surface area contributed by atoms with Crippen LogP contribution < -0.4 is 5.11 Å². The van der Waals surface area contributed by atoms with Crippen LogP contribution in [0.3, 0.4) is 0 Å². The van der Waals surface area contributed by atoms with Crippen molar-refractivity contribution in [1.82, 2.24) is 0 Å². The lowest BCUT2D eigenvalue weighted by Crippen LogP contribution is -2.60. The number of aliphatic hydroxyl groups is 4. The van der Waals surface area contributed by atoms with Crippen LogP contribution in [0.1, 0.15) is 125 Å². The zero-order chi connectivity index (χ0) is 40.9. The van der Waals surface area contributed by atoms with Gasteiger partial charge in [-0.15, -0.1) is 0 Å². The number of aliphatic carboxylic acids is 1. The Morgan fingerprint density at radius 1 is 1.02 bits per heavy atom. The molecule has 0 aromatic heterocycles. The highest BCUT2D eigenvalue weighted by atomic mass is 16.7. The zero-order valence-corrected chi connectivity index (χ0v) is 34.5. The molecule has 7 aliphatic rings. The van der Waals surface area contributed by atoms with Gasteiger partial charge >= 0.3 is 0 Å². The average molecular weight is 804 g/mol. The molecule has 0 aliphatic carbocycles. The van der Waals surface area contributed by atoms with Gasteiger partial charge in [0, 0.05) is 38.0 Å². The summed E-state index contributed by atoms with van der Waals surface area (Å²) in [5, 5.41) is 56.0. The molecule has 322 valence electrons. The number of fused-ring (bicyclic) bond motifs is 1. The first-order chi connectivity index (χ1) is 26.9. The number of carbonyl (C=O) groups excluding carboxylic acids is 1. The number of hydrogen-bond acceptors (Lipinski definition) is 13. The number of carboxylic acids is 1. The Morgan fingerprint density at radius 2 is 1.77 bits per heavy atom. The van der Waals surface area contributed by atoms with Crippen molar-refractivity contribution in [3.63, 3.8) is 0 Å². The van der Waals surface area contributed by atoms with Gasteiger partial charge in [0.15, 0.2) is 11.6 Å². The summed E-state index contributed by atoms with van der Waals surface area (Å²) in [6.45, 7) is 14.4. The highest BCUT2D eigenvalue weighted by Gasteiger charge is 2.55. The lowest BCUT2D eigenvalue weighted by molar-refractivity contribution is -0.336. The van der Waals surface area contributed by atoms with Crippen LogP contribution in [0.25, 0.3) is 0 Å². The van der Waals surface area contributed by atoms with Crippen molar-refractivity contribution in [3.05, 3.63) is 36.0 Å². The van der Waals surface area contributed by atoms with E-state index in [1.54, 1.807) is 6.08 Å². The molecular formula is C44H67O13-. The highest BCUT2D eigenvalue weighted by Crippen LogP contribution is 2.47. The third-order valence-electron chi connectivity index (χ3n) is 14.0. The topological polar surface area (TPSA) is 186 Å². The monoisotopic (exact) mass is 803 g/mol. The molecule has 0 aromatic carbocycles. The minimum atomic E-state index is -2.07. The first kappa shape index (κ1) is 43.3. The van der Waals surface area contributed by atoms with Crippen LogP contribution in [-0.4, -0.2) is 117 Å². The van der Waals surface area contributed by atoms with Crippen molar-refractivity contribution in [2.24, 2.45) is 17.8 Å². The van der Waals surface area contributed by atoms with E-state index in [2.05, 4.69) is 20.4 Å². The molecule has 6 saturated heterocycles. The smallest absolute Gasteiger partial charge is 0.215 e. The van der Waals surface area contributed by atoms with Gasteiger partial charge in [0.2, 0.25) is 5.79 Å². The molecule has 3 spiro atoms. The SMILES string of the molecule is C=C1C(O)C2OC3(CCC(C=CC(C)C4CC(C)=CC5(OC(CC(C)(O)C(=O)[O-])CCC5O)O4)O3)CCC2OC1C(O)CC(C)C1OC2(CCCCO2)CCC1C. The fraction of sp³-hybridized carbons (Fsp3) is 0.841. The molecule has 0 radical (unpaired) electrons. The van der Waals surface area contributed by atoms with Crippen molar-refractivity contribution in [1.29, 1.82) is 0 Å². The van der Waals surface area contributed by atoms with Crippen LogP contribution in [0.5, 0.6) is 0 Å². The lowest BCUT2D eigenvalue weighted by atomic mass is 9.79. The second kappa shape index (κ2) is 17.0. The van der Waals surface area contributed by atoms with Gasteiger partial charge in [-0.3, -0.25) is 0 Å². The highest BCUT2D eigenvalue weighted by molar-refractivity contribution is 5.74. The van der Waals surface area contributed by atoms with E-state index in [1.165, 1.54) is 6.92 Å². The Kier molecular flexibility index (Phi) is 12.9. The van der Waals surface area contributed by atoms with Crippen LogP contribution in [0.15, 0.2) is 36.0 Å². The predicted octanol–water partition coefficient (Wildman–Crippen LogP) is 3.88. The second-order valence-electron chi connectivity index (χ2n) is 18.9. The molecule has 17 unspecified atom stereocenters. The molecular weight excluding hydrogens is 736 g/mol. The Morgan fingerprint density at radius 3 is 2.51 bits per heavy atom. The van der Waals surface area contributed by atoms with Crippen LogP contribution >= 0.6 is 0 Å². The van der Waals surface area contributed by atoms with Crippen molar-refractivity contribution in [2.75, 3.05) is 6.61 Å². The summed E-state index contributed by atoms with van der Waals surface area (Å²) in [7, 11) is 0. The van der Waals surface area contributed by atoms with Crippen molar-refractivity contribution in [2.45, 2.75) is 209 Å². The molecule has 0 aromatic rings. The summed E-state index contributed by atoms with van der Waals surface area (Å²) in [4.78, 5) is 11.5. The van der Waals surface area contributed by atoms with Gasteiger partial charge in [-0.2, -0.15) is 0 Å². The number of hydrogen-bond donors (Lipinski definition) is 4. The summed E-state index contributed by atoms with van der Waals surface area (Å²) in [6, 6.07) is 0. The standard InChI is InChI=1S/C44H68O13/c1-25-21-34(55-44(23-25)35(46)12-11-31(54-44)24-41(6,50)40(48)49)26(2)9-10-30-14-18-43(53-30)19-15-33-39(57-43)36(47)29(5)38(52-33)32(45)22-28(4)37-27(3)13-17-42(56-37)16-7-8-20-51-42/h9-10,23,26-28,30-39,45-47,50H,5,7-8,11-22,24H2,1-4,6H3,(H,48,49)/p-1. The van der Waals surface area contributed by atoms with Gasteiger partial charge in [0.25, 0.3) is 0 Å². The largest absolute Gasteiger partial charge is 0.547 e. The fourth-order valence-electron chi connectivity index (χ4n) is 10.5. The third kappa shape index (κ3) is 9.15. The molecule has 17 atom stereocenters. The summed E-state index contributed by atoms with van der Waals surface area (Å²) in [5.41, 5.74) is -0.677. The van der Waals surface area contributed by atoms with Crippen LogP contribution in [-0.2, 0) is 38.0 Å². The molecule has 0 amide bonds. The van der Waals surface area contributed by atoms with Crippen molar-refractivity contribution >= 4 is 5.97 Å². The molecule has 4 N–H and O–H groups in total. The van der Waals surface area contributed by atoms with Crippen LogP contribution in [0.4, 0.5) is 0 Å². The molecule has 0 saturated carbocycles. The first-order valence-corrected chi connectivity index (χ1v) is 21.6. The average Bonchev–Trinajstić information content (AvgIpc) is 3.56. The quantitative estimate of drug-likeness (QED) is 0.234. The van der Waals surface area contributed by atoms with E-state index in [0.29, 0.717) is 56.4 Å². The number of aliphatic hydroxyl groups excluding tert-OH is 3. The van der Waals surface area contributed by atoms with E-state index >= 15 is 0 Å². The van der Waals surface area contributed by atoms with E-state index < -0.39 is 71.7 Å². The predicted molar refractivity (Wildman–Crippen MR) is 205 cm³/mol. The van der Waals surface area contributed by atoms with E-state index in [0.717, 1.165) is 50.7 Å². The normalized spacial score (nSPS) is 45.4. The first-order valence-electron chi connectivity index (χ1n) is 21.6. The summed E-state index contributed by atoms with van der Waals surface area (Å²) < 4.78 is 45.2. The van der Waals surface area contributed by atoms with Crippen molar-refractivity contribution < 1.29 is 63.5 Å². The van der Waals surface area contributed by atoms with Gasteiger partial charge in [-0.05, 0) is 95.1 Å². The van der Waals surface area contributed by atoms with Gasteiger partial charge in [-0.1, -0.05) is 45.1 Å². The Bertz CT molecular complexity index is 1510. The maximum absolute atomic E-state index is 11.5. The van der Waals surface area contributed by atoms with Gasteiger partial charge in [0.05, 0.1) is 49.2 Å². The zero-order valence-electron chi connectivity index (χ0n) is 34.5. The lowest BCUT2D eigenvalue weighted by Gasteiger charge is -2.50. The fourth-order valence-corrected chi connectivity index (χ4v) is 10.5. The van der Waals surface area contributed by atoms with Gasteiger partial charge in [-0.25, -0.2) is 0 Å². The van der Waals surface area contributed by atoms with Crippen LogP contribution in [0, 0.1) is 17.8 Å². The van der Waals surface area contributed by atoms with E-state index in [9.17, 15) is 30.3 Å². The van der Waals surface area contributed by atoms with Crippen molar-refractivity contribution in [3.8, 4) is 0 Å². The minimum absolute atomic E-state index is 0.0441. The molecule has 7 aliphatic heterocycles. The second-order valence-corrected chi connectivity index (χ2v) is 18.9. The Hall–Kier alpha value is -1.75. The van der Waals surface area contributed by atoms with E-state index in [-0.39, 0.29) is 36.6 Å². The summed E-state index contributed by atoms with van der Waals surface area (Å²) in [6.07, 6.45) is 9.10. The molecule has 57 heavy (non-hydrogen) atoms. The molecule has 7 rings (SSSR count). The summed E-state index contributed by atoms with van der Waals surface area (Å²) in [5.74, 6) is -4.11. The van der Waals surface area contributed by atoms with E-state index in [1.807, 2.05) is 26.0 Å². The number of rotatable bonds is 10. The number of ether oxygens (including phenoxy) is 7. The Labute approximate surface area is 337 Å². The summed E-state index contributed by atoms with van der Waals surface area (Å²) >= 11 is 0. The maximum atomic E-state index is 11.5. The molecule has 13 heteroatoms. The third-order valence-corrected chi connectivity index (χ3v) is 14.0.